The molecular weight excluding hydrogens is 356 g/mol. The first-order valence-corrected chi connectivity index (χ1v) is 10.0. The van der Waals surface area contributed by atoms with Gasteiger partial charge in [0.1, 0.15) is 5.82 Å². The molecule has 3 aliphatic rings. The van der Waals surface area contributed by atoms with Crippen LogP contribution >= 0.6 is 0 Å². The summed E-state index contributed by atoms with van der Waals surface area (Å²) in [6.45, 7) is 5.46. The molecule has 3 heterocycles. The number of aryl methyl sites for hydroxylation is 3. The molecule has 1 aliphatic carbocycles. The van der Waals surface area contributed by atoms with Crippen molar-refractivity contribution >= 4 is 23.2 Å². The quantitative estimate of drug-likeness (QED) is 0.775. The van der Waals surface area contributed by atoms with Crippen molar-refractivity contribution in [1.29, 1.82) is 0 Å². The van der Waals surface area contributed by atoms with Gasteiger partial charge in [-0.2, -0.15) is 0 Å². The Morgan fingerprint density at radius 1 is 1.32 bits per heavy atom. The van der Waals surface area contributed by atoms with Gasteiger partial charge in [-0.25, -0.2) is 4.98 Å². The van der Waals surface area contributed by atoms with Crippen LogP contribution in [0.4, 0.5) is 5.82 Å². The van der Waals surface area contributed by atoms with E-state index in [4.69, 9.17) is 19.6 Å². The van der Waals surface area contributed by atoms with Gasteiger partial charge in [0.25, 0.3) is 6.47 Å². The topological polar surface area (TPSA) is 82.9 Å². The van der Waals surface area contributed by atoms with Gasteiger partial charge in [-0.05, 0) is 73.4 Å². The van der Waals surface area contributed by atoms with E-state index in [9.17, 15) is 5.11 Å². The molecule has 0 unspecified atom stereocenters. The van der Waals surface area contributed by atoms with Crippen molar-refractivity contribution in [1.82, 2.24) is 4.98 Å². The summed E-state index contributed by atoms with van der Waals surface area (Å²) in [6, 6.07) is 6.89. The summed E-state index contributed by atoms with van der Waals surface area (Å²) in [5.41, 5.74) is 5.31. The SMILES string of the molecule is Cc1cc(N2C[C@@H]3CCOC[C@]3(CO)C2)nc2cc3c(cc12)CCC3.O=CO. The molecule has 0 bridgehead atoms. The van der Waals surface area contributed by atoms with Crippen LogP contribution in [0.5, 0.6) is 0 Å². The maximum atomic E-state index is 10.0. The van der Waals surface area contributed by atoms with Crippen molar-refractivity contribution < 1.29 is 19.7 Å². The van der Waals surface area contributed by atoms with Gasteiger partial charge in [0.15, 0.2) is 0 Å². The number of carbonyl (C=O) groups is 1. The van der Waals surface area contributed by atoms with Gasteiger partial charge < -0.3 is 19.8 Å². The molecule has 2 atom stereocenters. The third kappa shape index (κ3) is 3.25. The monoisotopic (exact) mass is 384 g/mol. The highest BCUT2D eigenvalue weighted by molar-refractivity contribution is 5.85. The van der Waals surface area contributed by atoms with Gasteiger partial charge in [-0.15, -0.1) is 0 Å². The van der Waals surface area contributed by atoms with E-state index >= 15 is 0 Å². The Labute approximate surface area is 165 Å². The van der Waals surface area contributed by atoms with E-state index in [-0.39, 0.29) is 18.5 Å². The fourth-order valence-corrected chi connectivity index (χ4v) is 5.10. The van der Waals surface area contributed by atoms with Crippen molar-refractivity contribution in [3.8, 4) is 0 Å². The Kier molecular flexibility index (Phi) is 5.25. The van der Waals surface area contributed by atoms with Crippen LogP contribution in [0.3, 0.4) is 0 Å². The number of pyridine rings is 1. The van der Waals surface area contributed by atoms with Crippen LogP contribution in [0.15, 0.2) is 18.2 Å². The largest absolute Gasteiger partial charge is 0.483 e. The summed E-state index contributed by atoms with van der Waals surface area (Å²) in [5, 5.41) is 18.2. The average Bonchev–Trinajstić information content (AvgIpc) is 3.31. The molecule has 1 aromatic carbocycles. The fourth-order valence-electron chi connectivity index (χ4n) is 5.10. The van der Waals surface area contributed by atoms with E-state index in [1.165, 1.54) is 41.3 Å². The van der Waals surface area contributed by atoms with Gasteiger partial charge in [-0.1, -0.05) is 0 Å². The summed E-state index contributed by atoms with van der Waals surface area (Å²) in [6.07, 6.45) is 4.70. The van der Waals surface area contributed by atoms with Crippen LogP contribution in [-0.4, -0.2) is 54.6 Å². The number of anilines is 1. The summed E-state index contributed by atoms with van der Waals surface area (Å²) < 4.78 is 5.70. The number of aliphatic hydroxyl groups is 1. The Morgan fingerprint density at radius 3 is 2.79 bits per heavy atom. The highest BCUT2D eigenvalue weighted by Crippen LogP contribution is 2.42. The third-order valence-electron chi connectivity index (χ3n) is 6.67. The van der Waals surface area contributed by atoms with Crippen molar-refractivity contribution in [3.05, 3.63) is 34.9 Å². The standard InChI is InChI=1S/C21H26N2O2.CH2O2/c1-14-7-20(22-19-9-16-4-2-3-15(16)8-18(14)19)23-10-17-5-6-25-13-21(17,11-23)12-24;2-1-3/h7-9,17,24H,2-6,10-13H2,1H3;1H,(H,2,3)/t17-,21+;/m0./s1. The first-order valence-electron chi connectivity index (χ1n) is 10.0. The number of carboxylic acid groups (broad SMARTS) is 1. The average molecular weight is 384 g/mol. The highest BCUT2D eigenvalue weighted by Gasteiger charge is 2.48. The number of benzene rings is 1. The summed E-state index contributed by atoms with van der Waals surface area (Å²) >= 11 is 0. The molecule has 2 saturated heterocycles. The zero-order valence-corrected chi connectivity index (χ0v) is 16.4. The normalized spacial score (nSPS) is 25.8. The van der Waals surface area contributed by atoms with Crippen LogP contribution in [0.2, 0.25) is 0 Å². The molecule has 0 spiro atoms. The van der Waals surface area contributed by atoms with Crippen molar-refractivity contribution in [2.45, 2.75) is 32.6 Å². The molecule has 0 amide bonds. The van der Waals surface area contributed by atoms with Crippen LogP contribution in [0, 0.1) is 18.3 Å². The first kappa shape index (κ1) is 19.2. The second-order valence-corrected chi connectivity index (χ2v) is 8.33. The number of hydrogen-bond acceptors (Lipinski definition) is 5. The Hall–Kier alpha value is -2.18. The van der Waals surface area contributed by atoms with E-state index in [0.29, 0.717) is 12.5 Å². The maximum absolute atomic E-state index is 10.0. The van der Waals surface area contributed by atoms with Gasteiger partial charge in [0, 0.05) is 30.5 Å². The van der Waals surface area contributed by atoms with Gasteiger partial charge in [0.05, 0.1) is 18.7 Å². The van der Waals surface area contributed by atoms with Crippen LogP contribution < -0.4 is 4.90 Å². The molecule has 150 valence electrons. The summed E-state index contributed by atoms with van der Waals surface area (Å²) in [4.78, 5) is 15.8. The van der Waals surface area contributed by atoms with Crippen LogP contribution in [0.25, 0.3) is 10.9 Å². The molecule has 6 nitrogen and oxygen atoms in total. The molecule has 2 aromatic rings. The molecule has 1 aromatic heterocycles. The lowest BCUT2D eigenvalue weighted by atomic mass is 9.76. The first-order chi connectivity index (χ1) is 13.6. The second kappa shape index (κ2) is 7.68. The van der Waals surface area contributed by atoms with Crippen LogP contribution in [0.1, 0.15) is 29.5 Å². The van der Waals surface area contributed by atoms with E-state index in [0.717, 1.165) is 37.5 Å². The minimum Gasteiger partial charge on any atom is -0.483 e. The molecule has 2 aliphatic heterocycles. The molecule has 6 heteroatoms. The maximum Gasteiger partial charge on any atom is 0.290 e. The zero-order chi connectivity index (χ0) is 19.7. The van der Waals surface area contributed by atoms with Gasteiger partial charge in [0.2, 0.25) is 0 Å². The summed E-state index contributed by atoms with van der Waals surface area (Å²) in [7, 11) is 0. The number of ether oxygens (including phenoxy) is 1. The Morgan fingerprint density at radius 2 is 2.07 bits per heavy atom. The summed E-state index contributed by atoms with van der Waals surface area (Å²) in [5.74, 6) is 1.56. The lowest BCUT2D eigenvalue weighted by Gasteiger charge is -2.36. The number of fused-ring (bicyclic) bond motifs is 3. The molecule has 2 fully saturated rings. The lowest BCUT2D eigenvalue weighted by molar-refractivity contribution is -0.122. The van der Waals surface area contributed by atoms with E-state index in [1.54, 1.807) is 0 Å². The number of rotatable bonds is 2. The van der Waals surface area contributed by atoms with Crippen molar-refractivity contribution in [2.24, 2.45) is 11.3 Å². The molecule has 5 rings (SSSR count). The zero-order valence-electron chi connectivity index (χ0n) is 16.4. The molecular formula is C22H28N2O4. The molecule has 0 saturated carbocycles. The molecule has 2 N–H and O–H groups in total. The number of aromatic nitrogens is 1. The second-order valence-electron chi connectivity index (χ2n) is 8.33. The van der Waals surface area contributed by atoms with Crippen molar-refractivity contribution in [3.63, 3.8) is 0 Å². The molecule has 28 heavy (non-hydrogen) atoms. The van der Waals surface area contributed by atoms with Crippen molar-refractivity contribution in [2.75, 3.05) is 37.8 Å². The van der Waals surface area contributed by atoms with Gasteiger partial charge in [-0.3, -0.25) is 4.79 Å². The minimum absolute atomic E-state index is 0.110. The number of nitrogens with zero attached hydrogens (tertiary/aromatic N) is 2. The predicted octanol–water partition coefficient (Wildman–Crippen LogP) is 2.57. The Balaban J connectivity index is 0.000000604. The highest BCUT2D eigenvalue weighted by atomic mass is 16.5. The lowest BCUT2D eigenvalue weighted by Crippen LogP contribution is -2.43. The van der Waals surface area contributed by atoms with E-state index in [1.807, 2.05) is 0 Å². The number of aliphatic hydroxyl groups excluding tert-OH is 1. The minimum atomic E-state index is -0.250. The van der Waals surface area contributed by atoms with Gasteiger partial charge >= 0.3 is 0 Å². The van der Waals surface area contributed by atoms with E-state index in [2.05, 4.69) is 30.0 Å². The predicted molar refractivity (Wildman–Crippen MR) is 108 cm³/mol. The number of hydrogen-bond donors (Lipinski definition) is 2. The van der Waals surface area contributed by atoms with E-state index < -0.39 is 0 Å². The molecule has 0 radical (unpaired) electrons. The smallest absolute Gasteiger partial charge is 0.290 e. The Bertz CT molecular complexity index is 884. The third-order valence-corrected chi connectivity index (χ3v) is 6.67. The van der Waals surface area contributed by atoms with Crippen LogP contribution in [-0.2, 0) is 22.4 Å². The fraction of sp³-hybridized carbons (Fsp3) is 0.545.